The quantitative estimate of drug-likeness (QED) is 0.113. The molecule has 216 valence electrons. The topological polar surface area (TPSA) is 56.3 Å². The highest BCUT2D eigenvalue weighted by atomic mass is 35.5. The number of rotatable bonds is 13. The van der Waals surface area contributed by atoms with Crippen LogP contribution in [0.15, 0.2) is 78.9 Å². The first-order valence-corrected chi connectivity index (χ1v) is 15.9. The van der Waals surface area contributed by atoms with Crippen LogP contribution in [0.1, 0.15) is 77.0 Å². The van der Waals surface area contributed by atoms with Gasteiger partial charge in [0.25, 0.3) is 0 Å². The number of esters is 1. The first-order valence-electron chi connectivity index (χ1n) is 14.5. The van der Waals surface area contributed by atoms with E-state index in [1.54, 1.807) is 6.92 Å². The zero-order valence-electron chi connectivity index (χ0n) is 24.1. The third-order valence-corrected chi connectivity index (χ3v) is 10.0. The van der Waals surface area contributed by atoms with Crippen LogP contribution in [0.2, 0.25) is 5.02 Å². The second kappa shape index (κ2) is 13.7. The molecule has 0 aliphatic heterocycles. The molecule has 6 heteroatoms. The summed E-state index contributed by atoms with van der Waals surface area (Å²) in [7, 11) is 1.46. The molecule has 0 amide bonds. The molecule has 1 fully saturated rings. The zero-order valence-corrected chi connectivity index (χ0v) is 25.7. The number of aromatic nitrogens is 1. The molecule has 42 heavy (non-hydrogen) atoms. The van der Waals surface area contributed by atoms with Crippen LogP contribution in [-0.2, 0) is 16.0 Å². The van der Waals surface area contributed by atoms with Gasteiger partial charge in [0.1, 0.15) is 0 Å². The summed E-state index contributed by atoms with van der Waals surface area (Å²) in [6.45, 7) is 1.64. The van der Waals surface area contributed by atoms with Crippen molar-refractivity contribution in [2.45, 2.75) is 50.7 Å². The van der Waals surface area contributed by atoms with Crippen molar-refractivity contribution >= 4 is 58.2 Å². The van der Waals surface area contributed by atoms with E-state index in [4.69, 9.17) is 21.3 Å². The Labute approximate surface area is 257 Å². The predicted molar refractivity (Wildman–Crippen MR) is 175 cm³/mol. The Morgan fingerprint density at radius 2 is 1.83 bits per heavy atom. The fraction of sp³-hybridized carbons (Fsp3) is 0.306. The number of Topliss-reactive ketones (excluding diaryl/α,β-unsaturated/α-hetero) is 1. The van der Waals surface area contributed by atoms with Crippen LogP contribution in [0, 0.1) is 5.41 Å². The number of ether oxygens (including phenoxy) is 1. The van der Waals surface area contributed by atoms with E-state index in [-0.39, 0.29) is 22.4 Å². The van der Waals surface area contributed by atoms with Gasteiger partial charge in [-0.2, -0.15) is 11.8 Å². The zero-order chi connectivity index (χ0) is 29.5. The normalized spacial score (nSPS) is 14.6. The van der Waals surface area contributed by atoms with Crippen molar-refractivity contribution in [2.24, 2.45) is 5.41 Å². The van der Waals surface area contributed by atoms with E-state index in [0.29, 0.717) is 11.4 Å². The average Bonchev–Trinajstić information content (AvgIpc) is 3.78. The van der Waals surface area contributed by atoms with Gasteiger partial charge in [-0.05, 0) is 91.2 Å². The standard InChI is InChI=1S/C36H36ClNO3S/c1-25(39)32-9-4-3-7-27(32)13-17-34(42-24-36(20-21-36)19-18-35(40)41-2)29-8-5-6-26(22-29)10-15-31-16-12-28-11-14-30(37)23-33(28)38-31/h3-12,14-16,22-23,34H,13,17-21,24H2,1-2H3. The number of benzene rings is 3. The van der Waals surface area contributed by atoms with Crippen LogP contribution in [0.25, 0.3) is 23.1 Å². The van der Waals surface area contributed by atoms with Crippen molar-refractivity contribution in [1.29, 1.82) is 0 Å². The minimum Gasteiger partial charge on any atom is -0.469 e. The molecule has 3 aromatic carbocycles. The summed E-state index contributed by atoms with van der Waals surface area (Å²) < 4.78 is 4.89. The molecule has 1 atom stereocenters. The summed E-state index contributed by atoms with van der Waals surface area (Å²) in [5.41, 5.74) is 6.26. The van der Waals surface area contributed by atoms with Crippen LogP contribution in [-0.4, -0.2) is 29.6 Å². The molecule has 4 nitrogen and oxygen atoms in total. The Morgan fingerprint density at radius 1 is 1.02 bits per heavy atom. The molecular weight excluding hydrogens is 562 g/mol. The van der Waals surface area contributed by atoms with Crippen LogP contribution < -0.4 is 0 Å². The van der Waals surface area contributed by atoms with Gasteiger partial charge >= 0.3 is 5.97 Å². The number of methoxy groups -OCH3 is 1. The second-order valence-electron chi connectivity index (χ2n) is 11.2. The van der Waals surface area contributed by atoms with Gasteiger partial charge < -0.3 is 4.74 Å². The monoisotopic (exact) mass is 597 g/mol. The average molecular weight is 598 g/mol. The van der Waals surface area contributed by atoms with E-state index in [9.17, 15) is 9.59 Å². The maximum atomic E-state index is 12.3. The third-order valence-electron chi connectivity index (χ3n) is 8.11. The highest BCUT2D eigenvalue weighted by Gasteiger charge is 2.42. The molecule has 0 bridgehead atoms. The Balaban J connectivity index is 1.35. The summed E-state index contributed by atoms with van der Waals surface area (Å²) in [5, 5.41) is 2.00. The molecule has 0 saturated heterocycles. The van der Waals surface area contributed by atoms with Crippen LogP contribution in [0.3, 0.4) is 0 Å². The summed E-state index contributed by atoms with van der Waals surface area (Å²) in [6.07, 6.45) is 9.55. The number of hydrogen-bond donors (Lipinski definition) is 0. The number of pyridine rings is 1. The fourth-order valence-electron chi connectivity index (χ4n) is 5.35. The van der Waals surface area contributed by atoms with Gasteiger partial charge in [-0.1, -0.05) is 78.3 Å². The lowest BCUT2D eigenvalue weighted by Crippen LogP contribution is -2.11. The number of carbonyl (C=O) groups is 2. The molecule has 0 spiro atoms. The lowest BCUT2D eigenvalue weighted by Gasteiger charge is -2.22. The molecule has 1 heterocycles. The van der Waals surface area contributed by atoms with Crippen molar-refractivity contribution in [1.82, 2.24) is 4.98 Å². The number of aryl methyl sites for hydroxylation is 1. The number of nitrogens with zero attached hydrogens (tertiary/aromatic N) is 1. The van der Waals surface area contributed by atoms with Crippen molar-refractivity contribution in [3.63, 3.8) is 0 Å². The van der Waals surface area contributed by atoms with Crippen LogP contribution in [0.5, 0.6) is 0 Å². The SMILES string of the molecule is COC(=O)CCC1(CSC(CCc2ccccc2C(C)=O)c2cccc(C=Cc3ccc4ccc(Cl)cc4n3)c2)CC1. The van der Waals surface area contributed by atoms with E-state index >= 15 is 0 Å². The minimum atomic E-state index is -0.132. The van der Waals surface area contributed by atoms with E-state index in [1.165, 1.54) is 12.7 Å². The first-order chi connectivity index (χ1) is 20.3. The number of ketones is 1. The van der Waals surface area contributed by atoms with Crippen molar-refractivity contribution in [3.8, 4) is 0 Å². The summed E-state index contributed by atoms with van der Waals surface area (Å²) in [6, 6.07) is 26.5. The molecule has 1 aliphatic rings. The Morgan fingerprint density at radius 3 is 2.62 bits per heavy atom. The van der Waals surface area contributed by atoms with Gasteiger partial charge in [-0.25, -0.2) is 4.98 Å². The predicted octanol–water partition coefficient (Wildman–Crippen LogP) is 9.40. The van der Waals surface area contributed by atoms with E-state index in [1.807, 2.05) is 60.3 Å². The number of thioether (sulfide) groups is 1. The molecule has 0 N–H and O–H groups in total. The molecule has 1 unspecified atom stereocenters. The smallest absolute Gasteiger partial charge is 0.305 e. The summed E-state index contributed by atoms with van der Waals surface area (Å²) in [4.78, 5) is 28.8. The van der Waals surface area contributed by atoms with E-state index in [2.05, 4.69) is 42.5 Å². The first kappa shape index (κ1) is 30.1. The highest BCUT2D eigenvalue weighted by molar-refractivity contribution is 7.99. The molecule has 1 saturated carbocycles. The van der Waals surface area contributed by atoms with Gasteiger partial charge in [-0.15, -0.1) is 0 Å². The largest absolute Gasteiger partial charge is 0.469 e. The van der Waals surface area contributed by atoms with Gasteiger partial charge in [0.2, 0.25) is 0 Å². The maximum absolute atomic E-state index is 12.3. The van der Waals surface area contributed by atoms with Gasteiger partial charge in [0.15, 0.2) is 5.78 Å². The van der Waals surface area contributed by atoms with Gasteiger partial charge in [0.05, 0.1) is 18.3 Å². The lowest BCUT2D eigenvalue weighted by atomic mass is 9.97. The fourth-order valence-corrected chi connectivity index (χ4v) is 7.13. The lowest BCUT2D eigenvalue weighted by molar-refractivity contribution is -0.141. The molecule has 1 aromatic heterocycles. The molecule has 4 aromatic rings. The Kier molecular flexibility index (Phi) is 9.81. The van der Waals surface area contributed by atoms with Gasteiger partial charge in [0, 0.05) is 27.6 Å². The Hall–Kier alpha value is -3.41. The molecular formula is C36H36ClNO3S. The summed E-state index contributed by atoms with van der Waals surface area (Å²) >= 11 is 8.16. The van der Waals surface area contributed by atoms with Crippen molar-refractivity contribution in [2.75, 3.05) is 12.9 Å². The number of halogens is 1. The second-order valence-corrected chi connectivity index (χ2v) is 12.8. The van der Waals surface area contributed by atoms with Crippen LogP contribution in [0.4, 0.5) is 0 Å². The molecule has 5 rings (SSSR count). The van der Waals surface area contributed by atoms with Crippen molar-refractivity contribution < 1.29 is 14.3 Å². The number of hydrogen-bond acceptors (Lipinski definition) is 5. The molecule has 1 aliphatic carbocycles. The highest BCUT2D eigenvalue weighted by Crippen LogP contribution is 2.54. The minimum absolute atomic E-state index is 0.103. The number of carbonyl (C=O) groups excluding carboxylic acids is 2. The van der Waals surface area contributed by atoms with E-state index < -0.39 is 0 Å². The van der Waals surface area contributed by atoms with E-state index in [0.717, 1.165) is 71.1 Å². The van der Waals surface area contributed by atoms with Crippen molar-refractivity contribution in [3.05, 3.63) is 112 Å². The third kappa shape index (κ3) is 7.90. The van der Waals surface area contributed by atoms with Crippen LogP contribution >= 0.6 is 23.4 Å². The number of fused-ring (bicyclic) bond motifs is 1. The molecule has 0 radical (unpaired) electrons. The van der Waals surface area contributed by atoms with Gasteiger partial charge in [-0.3, -0.25) is 9.59 Å². The summed E-state index contributed by atoms with van der Waals surface area (Å²) in [5.74, 6) is 0.977. The maximum Gasteiger partial charge on any atom is 0.305 e. The Bertz CT molecular complexity index is 1610.